The SMILES string of the molecule is Cc1ccc(C(CN)N2CCN(c3ncccn3)CC2)s1. The van der Waals surface area contributed by atoms with Crippen LogP contribution in [-0.2, 0) is 0 Å². The summed E-state index contributed by atoms with van der Waals surface area (Å²) in [6.07, 6.45) is 3.59. The number of hydrogen-bond donors (Lipinski definition) is 1. The van der Waals surface area contributed by atoms with Crippen molar-refractivity contribution in [2.24, 2.45) is 5.73 Å². The second-order valence-corrected chi connectivity index (χ2v) is 6.59. The molecule has 1 aliphatic rings. The Morgan fingerprint density at radius 1 is 1.19 bits per heavy atom. The predicted molar refractivity (Wildman–Crippen MR) is 86.7 cm³/mol. The molecule has 1 fully saturated rings. The molecule has 2 aromatic rings. The van der Waals surface area contributed by atoms with E-state index in [0.717, 1.165) is 32.1 Å². The zero-order valence-corrected chi connectivity index (χ0v) is 13.1. The van der Waals surface area contributed by atoms with Crippen LogP contribution in [0.1, 0.15) is 15.8 Å². The fourth-order valence-electron chi connectivity index (χ4n) is 2.77. The van der Waals surface area contributed by atoms with E-state index < -0.39 is 0 Å². The topological polar surface area (TPSA) is 58.3 Å². The highest BCUT2D eigenvalue weighted by Gasteiger charge is 2.25. The van der Waals surface area contributed by atoms with Crippen molar-refractivity contribution in [3.8, 4) is 0 Å². The molecule has 1 atom stereocenters. The second-order valence-electron chi connectivity index (χ2n) is 5.27. The fourth-order valence-corrected chi connectivity index (χ4v) is 3.79. The van der Waals surface area contributed by atoms with Gasteiger partial charge in [-0.1, -0.05) is 0 Å². The van der Waals surface area contributed by atoms with E-state index in [1.807, 2.05) is 17.4 Å². The minimum absolute atomic E-state index is 0.336. The molecular formula is C15H21N5S. The summed E-state index contributed by atoms with van der Waals surface area (Å²) < 4.78 is 0. The van der Waals surface area contributed by atoms with Gasteiger partial charge in [0.2, 0.25) is 5.95 Å². The summed E-state index contributed by atoms with van der Waals surface area (Å²) in [5, 5.41) is 0. The molecule has 0 bridgehead atoms. The number of piperazine rings is 1. The highest BCUT2D eigenvalue weighted by molar-refractivity contribution is 7.12. The van der Waals surface area contributed by atoms with E-state index in [1.54, 1.807) is 12.4 Å². The van der Waals surface area contributed by atoms with E-state index in [1.165, 1.54) is 9.75 Å². The van der Waals surface area contributed by atoms with Crippen LogP contribution in [0.25, 0.3) is 0 Å². The molecule has 0 amide bonds. The summed E-state index contributed by atoms with van der Waals surface area (Å²) in [6, 6.07) is 6.58. The molecule has 2 aromatic heterocycles. The van der Waals surface area contributed by atoms with Gasteiger partial charge < -0.3 is 10.6 Å². The Kier molecular flexibility index (Phi) is 4.48. The third kappa shape index (κ3) is 3.23. The van der Waals surface area contributed by atoms with Crippen LogP contribution in [0.3, 0.4) is 0 Å². The molecule has 0 saturated carbocycles. The van der Waals surface area contributed by atoms with Gasteiger partial charge in [0.1, 0.15) is 0 Å². The lowest BCUT2D eigenvalue weighted by Crippen LogP contribution is -2.49. The predicted octanol–water partition coefficient (Wildman–Crippen LogP) is 1.67. The number of anilines is 1. The van der Waals surface area contributed by atoms with Crippen molar-refractivity contribution in [3.63, 3.8) is 0 Å². The molecule has 0 aromatic carbocycles. The van der Waals surface area contributed by atoms with Crippen molar-refractivity contribution in [2.45, 2.75) is 13.0 Å². The molecule has 1 aliphatic heterocycles. The average molecular weight is 303 g/mol. The van der Waals surface area contributed by atoms with Crippen LogP contribution in [0.15, 0.2) is 30.6 Å². The summed E-state index contributed by atoms with van der Waals surface area (Å²) in [6.45, 7) is 6.71. The van der Waals surface area contributed by atoms with Crippen molar-refractivity contribution >= 4 is 17.3 Å². The highest BCUT2D eigenvalue weighted by atomic mass is 32.1. The molecule has 1 unspecified atom stereocenters. The normalized spacial score (nSPS) is 17.9. The molecule has 3 heterocycles. The van der Waals surface area contributed by atoms with Gasteiger partial charge >= 0.3 is 0 Å². The van der Waals surface area contributed by atoms with E-state index in [2.05, 4.69) is 38.8 Å². The second kappa shape index (κ2) is 6.51. The van der Waals surface area contributed by atoms with E-state index in [-0.39, 0.29) is 0 Å². The fraction of sp³-hybridized carbons (Fsp3) is 0.467. The Hall–Kier alpha value is -1.50. The van der Waals surface area contributed by atoms with Crippen molar-refractivity contribution in [1.29, 1.82) is 0 Å². The smallest absolute Gasteiger partial charge is 0.225 e. The van der Waals surface area contributed by atoms with Gasteiger partial charge in [0, 0.05) is 54.9 Å². The van der Waals surface area contributed by atoms with E-state index in [4.69, 9.17) is 5.73 Å². The Morgan fingerprint density at radius 2 is 1.90 bits per heavy atom. The zero-order chi connectivity index (χ0) is 14.7. The summed E-state index contributed by atoms with van der Waals surface area (Å²) >= 11 is 1.85. The number of rotatable bonds is 4. The maximum atomic E-state index is 6.02. The first-order valence-electron chi connectivity index (χ1n) is 7.30. The quantitative estimate of drug-likeness (QED) is 0.931. The van der Waals surface area contributed by atoms with Crippen molar-refractivity contribution < 1.29 is 0 Å². The molecule has 112 valence electrons. The van der Waals surface area contributed by atoms with Crippen LogP contribution in [0.5, 0.6) is 0 Å². The van der Waals surface area contributed by atoms with Gasteiger partial charge in [-0.3, -0.25) is 4.90 Å². The molecule has 0 spiro atoms. The van der Waals surface area contributed by atoms with Gasteiger partial charge in [-0.15, -0.1) is 11.3 Å². The molecule has 6 heteroatoms. The van der Waals surface area contributed by atoms with Gasteiger partial charge in [0.05, 0.1) is 6.04 Å². The van der Waals surface area contributed by atoms with E-state index >= 15 is 0 Å². The number of thiophene rings is 1. The maximum absolute atomic E-state index is 6.02. The molecule has 0 aliphatic carbocycles. The van der Waals surface area contributed by atoms with E-state index in [0.29, 0.717) is 12.6 Å². The van der Waals surface area contributed by atoms with Gasteiger partial charge in [0.25, 0.3) is 0 Å². The number of nitrogens with zero attached hydrogens (tertiary/aromatic N) is 4. The van der Waals surface area contributed by atoms with Crippen molar-refractivity contribution in [3.05, 3.63) is 40.3 Å². The lowest BCUT2D eigenvalue weighted by molar-refractivity contribution is 0.192. The highest BCUT2D eigenvalue weighted by Crippen LogP contribution is 2.28. The minimum Gasteiger partial charge on any atom is -0.338 e. The van der Waals surface area contributed by atoms with Crippen LogP contribution >= 0.6 is 11.3 Å². The standard InChI is InChI=1S/C15H21N5S/c1-12-3-4-14(21-12)13(11-16)19-7-9-20(10-8-19)15-17-5-2-6-18-15/h2-6,13H,7-11,16H2,1H3. The maximum Gasteiger partial charge on any atom is 0.225 e. The number of nitrogens with two attached hydrogens (primary N) is 1. The van der Waals surface area contributed by atoms with Crippen molar-refractivity contribution in [2.75, 3.05) is 37.6 Å². The minimum atomic E-state index is 0.336. The van der Waals surface area contributed by atoms with Crippen LogP contribution in [-0.4, -0.2) is 47.6 Å². The molecule has 5 nitrogen and oxygen atoms in total. The van der Waals surface area contributed by atoms with Gasteiger partial charge in [-0.05, 0) is 25.1 Å². The molecular weight excluding hydrogens is 282 g/mol. The average Bonchev–Trinajstić information content (AvgIpc) is 2.96. The number of aryl methyl sites for hydroxylation is 1. The lowest BCUT2D eigenvalue weighted by Gasteiger charge is -2.38. The lowest BCUT2D eigenvalue weighted by atomic mass is 10.1. The molecule has 0 radical (unpaired) electrons. The molecule has 3 rings (SSSR count). The Labute approximate surface area is 129 Å². The first-order chi connectivity index (χ1) is 10.3. The van der Waals surface area contributed by atoms with E-state index in [9.17, 15) is 0 Å². The number of hydrogen-bond acceptors (Lipinski definition) is 6. The Balaban J connectivity index is 1.64. The molecule has 1 saturated heterocycles. The third-order valence-corrected chi connectivity index (χ3v) is 5.00. The molecule has 2 N–H and O–H groups in total. The largest absolute Gasteiger partial charge is 0.338 e. The zero-order valence-electron chi connectivity index (χ0n) is 12.3. The first kappa shape index (κ1) is 14.4. The van der Waals surface area contributed by atoms with Crippen LogP contribution in [0.2, 0.25) is 0 Å². The Bertz CT molecular complexity index is 562. The monoisotopic (exact) mass is 303 g/mol. The summed E-state index contributed by atoms with van der Waals surface area (Å²) in [4.78, 5) is 16.1. The summed E-state index contributed by atoms with van der Waals surface area (Å²) in [5.41, 5.74) is 6.02. The van der Waals surface area contributed by atoms with Crippen LogP contribution < -0.4 is 10.6 Å². The molecule has 21 heavy (non-hydrogen) atoms. The number of aromatic nitrogens is 2. The summed E-state index contributed by atoms with van der Waals surface area (Å²) in [5.74, 6) is 0.827. The van der Waals surface area contributed by atoms with Gasteiger partial charge in [0.15, 0.2) is 0 Å². The van der Waals surface area contributed by atoms with Crippen LogP contribution in [0.4, 0.5) is 5.95 Å². The van der Waals surface area contributed by atoms with Gasteiger partial charge in [-0.2, -0.15) is 0 Å². The van der Waals surface area contributed by atoms with Gasteiger partial charge in [-0.25, -0.2) is 9.97 Å². The Morgan fingerprint density at radius 3 is 2.48 bits per heavy atom. The first-order valence-corrected chi connectivity index (χ1v) is 8.12. The third-order valence-electron chi connectivity index (χ3n) is 3.90. The van der Waals surface area contributed by atoms with Crippen LogP contribution in [0, 0.1) is 6.92 Å². The van der Waals surface area contributed by atoms with Crippen molar-refractivity contribution in [1.82, 2.24) is 14.9 Å². The summed E-state index contributed by atoms with van der Waals surface area (Å²) in [7, 11) is 0.